The van der Waals surface area contributed by atoms with E-state index in [0.717, 1.165) is 55.4 Å². The third kappa shape index (κ3) is 4.39. The van der Waals surface area contributed by atoms with Crippen LogP contribution in [0.3, 0.4) is 0 Å². The van der Waals surface area contributed by atoms with Crippen molar-refractivity contribution in [1.29, 1.82) is 0 Å². The maximum atomic E-state index is 4.65. The van der Waals surface area contributed by atoms with Gasteiger partial charge in [0.15, 0.2) is 0 Å². The molecule has 0 unspecified atom stereocenters. The summed E-state index contributed by atoms with van der Waals surface area (Å²) in [5.41, 5.74) is 2.92. The van der Waals surface area contributed by atoms with Gasteiger partial charge in [0.1, 0.15) is 17.5 Å². The Kier molecular flexibility index (Phi) is 5.92. The topological polar surface area (TPSA) is 62.7 Å². The van der Waals surface area contributed by atoms with Crippen molar-refractivity contribution in [3.8, 4) is 0 Å². The number of hydrogen-bond acceptors (Lipinski definition) is 6. The summed E-state index contributed by atoms with van der Waals surface area (Å²) in [5, 5.41) is 6.80. The van der Waals surface area contributed by atoms with Gasteiger partial charge in [-0.2, -0.15) is 0 Å². The van der Waals surface area contributed by atoms with E-state index in [2.05, 4.69) is 46.4 Å². The van der Waals surface area contributed by atoms with Gasteiger partial charge in [-0.25, -0.2) is 9.97 Å². The molecule has 0 aromatic carbocycles. The minimum absolute atomic E-state index is 0.751. The number of hydrogen-bond donors (Lipinski definition) is 2. The van der Waals surface area contributed by atoms with E-state index < -0.39 is 0 Å². The second-order valence-corrected chi connectivity index (χ2v) is 5.93. The Labute approximate surface area is 130 Å². The Morgan fingerprint density at radius 3 is 2.48 bits per heavy atom. The van der Waals surface area contributed by atoms with Crippen LogP contribution in [0.1, 0.15) is 43.0 Å². The minimum Gasteiger partial charge on any atom is -0.370 e. The zero-order chi connectivity index (χ0) is 15.1. The Balaban J connectivity index is 2.18. The average molecular weight is 305 g/mol. The van der Waals surface area contributed by atoms with Crippen LogP contribution >= 0.6 is 11.3 Å². The van der Waals surface area contributed by atoms with Crippen molar-refractivity contribution in [2.24, 2.45) is 0 Å². The highest BCUT2D eigenvalue weighted by Crippen LogP contribution is 2.21. The molecule has 0 aliphatic rings. The Bertz CT molecular complexity index is 553. The average Bonchev–Trinajstić information content (AvgIpc) is 2.99. The molecular weight excluding hydrogens is 282 g/mol. The molecule has 0 atom stereocenters. The molecule has 2 N–H and O–H groups in total. The van der Waals surface area contributed by atoms with Crippen LogP contribution in [0.2, 0.25) is 0 Å². The lowest BCUT2D eigenvalue weighted by Crippen LogP contribution is -2.11. The molecule has 0 saturated carbocycles. The first-order valence-corrected chi connectivity index (χ1v) is 8.35. The van der Waals surface area contributed by atoms with Gasteiger partial charge in [-0.05, 0) is 19.8 Å². The lowest BCUT2D eigenvalue weighted by atomic mass is 10.2. The van der Waals surface area contributed by atoms with Gasteiger partial charge < -0.3 is 10.6 Å². The molecule has 114 valence electrons. The Morgan fingerprint density at radius 1 is 1.10 bits per heavy atom. The summed E-state index contributed by atoms with van der Waals surface area (Å²) in [6.45, 7) is 8.04. The fourth-order valence-corrected chi connectivity index (χ4v) is 2.52. The van der Waals surface area contributed by atoms with Crippen molar-refractivity contribution in [2.75, 3.05) is 17.2 Å². The van der Waals surface area contributed by atoms with Crippen LogP contribution in [0.4, 0.5) is 11.6 Å². The van der Waals surface area contributed by atoms with E-state index in [-0.39, 0.29) is 0 Å². The smallest absolute Gasteiger partial charge is 0.135 e. The lowest BCUT2D eigenvalue weighted by Gasteiger charge is -2.14. The van der Waals surface area contributed by atoms with Crippen LogP contribution in [0.5, 0.6) is 0 Å². The van der Waals surface area contributed by atoms with E-state index in [1.54, 1.807) is 11.3 Å². The molecule has 0 aliphatic heterocycles. The zero-order valence-electron chi connectivity index (χ0n) is 12.9. The molecule has 0 bridgehead atoms. The normalized spacial score (nSPS) is 10.6. The molecule has 21 heavy (non-hydrogen) atoms. The van der Waals surface area contributed by atoms with Gasteiger partial charge in [-0.1, -0.05) is 13.8 Å². The minimum atomic E-state index is 0.751. The SMILES string of the molecule is CCCNc1nc(CCC)nc(NCc2cncs2)c1C. The molecule has 0 fully saturated rings. The maximum absolute atomic E-state index is 4.65. The van der Waals surface area contributed by atoms with Crippen LogP contribution in [0, 0.1) is 6.92 Å². The van der Waals surface area contributed by atoms with Crippen LogP contribution in [-0.4, -0.2) is 21.5 Å². The zero-order valence-corrected chi connectivity index (χ0v) is 13.8. The van der Waals surface area contributed by atoms with E-state index >= 15 is 0 Å². The molecule has 0 amide bonds. The van der Waals surface area contributed by atoms with Crippen molar-refractivity contribution in [1.82, 2.24) is 15.0 Å². The van der Waals surface area contributed by atoms with Gasteiger partial charge in [-0.15, -0.1) is 11.3 Å². The molecule has 0 saturated heterocycles. The van der Waals surface area contributed by atoms with Gasteiger partial charge in [-0.3, -0.25) is 4.98 Å². The van der Waals surface area contributed by atoms with Crippen LogP contribution in [-0.2, 0) is 13.0 Å². The van der Waals surface area contributed by atoms with Crippen LogP contribution < -0.4 is 10.6 Å². The summed E-state index contributed by atoms with van der Waals surface area (Å²) in [6, 6.07) is 0. The fourth-order valence-electron chi connectivity index (χ4n) is 1.99. The highest BCUT2D eigenvalue weighted by atomic mass is 32.1. The quantitative estimate of drug-likeness (QED) is 0.780. The molecule has 2 rings (SSSR count). The number of aryl methyl sites for hydroxylation is 1. The highest BCUT2D eigenvalue weighted by molar-refractivity contribution is 7.09. The molecule has 2 aromatic heterocycles. The molecule has 0 radical (unpaired) electrons. The summed E-state index contributed by atoms with van der Waals surface area (Å²) in [5.74, 6) is 2.76. The van der Waals surface area contributed by atoms with E-state index in [4.69, 9.17) is 0 Å². The van der Waals surface area contributed by atoms with Crippen molar-refractivity contribution in [3.63, 3.8) is 0 Å². The van der Waals surface area contributed by atoms with Crippen molar-refractivity contribution >= 4 is 23.0 Å². The number of aromatic nitrogens is 3. The van der Waals surface area contributed by atoms with Crippen molar-refractivity contribution in [3.05, 3.63) is 28.0 Å². The number of anilines is 2. The van der Waals surface area contributed by atoms with Gasteiger partial charge in [0.25, 0.3) is 0 Å². The van der Waals surface area contributed by atoms with Gasteiger partial charge in [0.2, 0.25) is 0 Å². The third-order valence-corrected chi connectivity index (χ3v) is 3.90. The second kappa shape index (κ2) is 7.93. The van der Waals surface area contributed by atoms with Crippen LogP contribution in [0.15, 0.2) is 11.7 Å². The van der Waals surface area contributed by atoms with E-state index in [9.17, 15) is 0 Å². The fraction of sp³-hybridized carbons (Fsp3) is 0.533. The Morgan fingerprint density at radius 2 is 1.86 bits per heavy atom. The molecule has 6 heteroatoms. The maximum Gasteiger partial charge on any atom is 0.135 e. The first-order chi connectivity index (χ1) is 10.2. The summed E-state index contributed by atoms with van der Waals surface area (Å²) < 4.78 is 0. The standard InChI is InChI=1S/C15H23N5S/c1-4-6-13-19-14(17-7-5-2)11(3)15(20-13)18-9-12-8-16-10-21-12/h8,10H,4-7,9H2,1-3H3,(H2,17,18,19,20). The summed E-state index contributed by atoms with van der Waals surface area (Å²) in [6.07, 6.45) is 4.91. The number of thiazole rings is 1. The van der Waals surface area contributed by atoms with Crippen LogP contribution in [0.25, 0.3) is 0 Å². The predicted octanol–water partition coefficient (Wildman–Crippen LogP) is 3.63. The van der Waals surface area contributed by atoms with E-state index in [1.807, 2.05) is 11.7 Å². The van der Waals surface area contributed by atoms with E-state index in [0.29, 0.717) is 0 Å². The first-order valence-electron chi connectivity index (χ1n) is 7.47. The summed E-state index contributed by atoms with van der Waals surface area (Å²) >= 11 is 1.65. The van der Waals surface area contributed by atoms with Gasteiger partial charge in [0, 0.05) is 29.6 Å². The first kappa shape index (κ1) is 15.7. The van der Waals surface area contributed by atoms with Crippen molar-refractivity contribution in [2.45, 2.75) is 46.6 Å². The lowest BCUT2D eigenvalue weighted by molar-refractivity contribution is 0.827. The number of nitrogens with one attached hydrogen (secondary N) is 2. The van der Waals surface area contributed by atoms with Gasteiger partial charge in [0.05, 0.1) is 12.1 Å². The molecule has 0 aliphatic carbocycles. The second-order valence-electron chi connectivity index (χ2n) is 4.96. The summed E-state index contributed by atoms with van der Waals surface area (Å²) in [7, 11) is 0. The van der Waals surface area contributed by atoms with E-state index in [1.165, 1.54) is 4.88 Å². The molecule has 2 heterocycles. The number of rotatable bonds is 8. The monoisotopic (exact) mass is 305 g/mol. The predicted molar refractivity (Wildman–Crippen MR) is 89.0 cm³/mol. The molecular formula is C15H23N5S. The molecule has 0 spiro atoms. The molecule has 5 nitrogen and oxygen atoms in total. The van der Waals surface area contributed by atoms with Gasteiger partial charge >= 0.3 is 0 Å². The third-order valence-electron chi connectivity index (χ3n) is 3.12. The van der Waals surface area contributed by atoms with Crippen molar-refractivity contribution < 1.29 is 0 Å². The molecule has 2 aromatic rings. The largest absolute Gasteiger partial charge is 0.370 e. The highest BCUT2D eigenvalue weighted by Gasteiger charge is 2.10. The number of nitrogens with zero attached hydrogens (tertiary/aromatic N) is 3. The summed E-state index contributed by atoms with van der Waals surface area (Å²) in [4.78, 5) is 14.6. The Hall–Kier alpha value is -1.69.